The number of hydrogen-bond donors (Lipinski definition) is 1. The molecule has 0 saturated heterocycles. The normalized spacial score (nSPS) is 9.81. The average molecular weight is 286 g/mol. The molecule has 0 unspecified atom stereocenters. The summed E-state index contributed by atoms with van der Waals surface area (Å²) in [5.41, 5.74) is 1.54. The summed E-state index contributed by atoms with van der Waals surface area (Å²) in [6.45, 7) is 0.140. The molecule has 0 amide bonds. The first kappa shape index (κ1) is 15.0. The van der Waals surface area contributed by atoms with Crippen molar-refractivity contribution in [1.82, 2.24) is 0 Å². The van der Waals surface area contributed by atoms with Gasteiger partial charge in [0.25, 0.3) is 0 Å². The highest BCUT2D eigenvalue weighted by Crippen LogP contribution is 2.19. The lowest BCUT2D eigenvalue weighted by Crippen LogP contribution is -2.04. The van der Waals surface area contributed by atoms with Crippen molar-refractivity contribution in [3.8, 4) is 17.6 Å². The molecule has 0 atom stereocenters. The Labute approximate surface area is 122 Å². The van der Waals surface area contributed by atoms with E-state index in [1.54, 1.807) is 0 Å². The zero-order chi connectivity index (χ0) is 14.9. The van der Waals surface area contributed by atoms with Crippen molar-refractivity contribution in [2.45, 2.75) is 6.61 Å². The first-order chi connectivity index (χ1) is 10.3. The van der Waals surface area contributed by atoms with Crippen LogP contribution < -0.4 is 4.74 Å². The van der Waals surface area contributed by atoms with E-state index in [1.165, 1.54) is 18.2 Å². The molecule has 0 spiro atoms. The molecule has 21 heavy (non-hydrogen) atoms. The van der Waals surface area contributed by atoms with Crippen LogP contribution in [0.5, 0.6) is 5.75 Å². The Kier molecular flexibility index (Phi) is 5.77. The second-order valence-electron chi connectivity index (χ2n) is 4.20. The fourth-order valence-corrected chi connectivity index (χ4v) is 1.69. The predicted molar refractivity (Wildman–Crippen MR) is 77.1 cm³/mol. The lowest BCUT2D eigenvalue weighted by atomic mass is 10.2. The molecule has 2 aromatic carbocycles. The van der Waals surface area contributed by atoms with Crippen LogP contribution in [0.2, 0.25) is 0 Å². The first-order valence-electron chi connectivity index (χ1n) is 6.43. The van der Waals surface area contributed by atoms with Crippen LogP contribution in [0, 0.1) is 17.7 Å². The molecule has 0 aliphatic carbocycles. The van der Waals surface area contributed by atoms with E-state index in [4.69, 9.17) is 14.6 Å². The number of ether oxygens (including phenoxy) is 2. The highest BCUT2D eigenvalue weighted by atomic mass is 19.1. The van der Waals surface area contributed by atoms with E-state index in [-0.39, 0.29) is 13.4 Å². The van der Waals surface area contributed by atoms with Gasteiger partial charge in [-0.25, -0.2) is 4.39 Å². The van der Waals surface area contributed by atoms with Crippen LogP contribution in [0.3, 0.4) is 0 Å². The van der Waals surface area contributed by atoms with Gasteiger partial charge < -0.3 is 14.6 Å². The zero-order valence-electron chi connectivity index (χ0n) is 11.4. The third kappa shape index (κ3) is 4.92. The Hall–Kier alpha value is -2.35. The van der Waals surface area contributed by atoms with Crippen LogP contribution in [0.25, 0.3) is 0 Å². The van der Waals surface area contributed by atoms with Crippen LogP contribution in [-0.2, 0) is 11.3 Å². The minimum absolute atomic E-state index is 0.00779. The molecular weight excluding hydrogens is 271 g/mol. The molecule has 0 aromatic heterocycles. The largest absolute Gasteiger partial charge is 0.466 e. The minimum Gasteiger partial charge on any atom is -0.466 e. The van der Waals surface area contributed by atoms with Gasteiger partial charge in [0.15, 0.2) is 6.79 Å². The maximum atomic E-state index is 13.2. The molecule has 0 radical (unpaired) electrons. The third-order valence-electron chi connectivity index (χ3n) is 2.66. The predicted octanol–water partition coefficient (Wildman–Crippen LogP) is 2.72. The number of benzene rings is 2. The molecule has 2 rings (SSSR count). The van der Waals surface area contributed by atoms with Crippen molar-refractivity contribution >= 4 is 0 Å². The summed E-state index contributed by atoms with van der Waals surface area (Å²) in [7, 11) is 0. The number of hydrogen-bond acceptors (Lipinski definition) is 3. The van der Waals surface area contributed by atoms with Gasteiger partial charge in [0.2, 0.25) is 0 Å². The van der Waals surface area contributed by atoms with Gasteiger partial charge in [-0.1, -0.05) is 42.2 Å². The Morgan fingerprint density at radius 2 is 1.90 bits per heavy atom. The standard InChI is InChI=1S/C17H15FO3/c18-16-9-8-15(7-4-10-19)17(11-16)21-13-20-12-14-5-2-1-3-6-14/h1-3,5-6,8-9,11,19H,10,12-13H2. The van der Waals surface area contributed by atoms with Crippen molar-refractivity contribution in [3.63, 3.8) is 0 Å². The van der Waals surface area contributed by atoms with Gasteiger partial charge in [-0.15, -0.1) is 0 Å². The molecule has 4 heteroatoms. The zero-order valence-corrected chi connectivity index (χ0v) is 11.4. The maximum absolute atomic E-state index is 13.2. The summed E-state index contributed by atoms with van der Waals surface area (Å²) >= 11 is 0. The quantitative estimate of drug-likeness (QED) is 0.522. The molecule has 0 saturated carbocycles. The Balaban J connectivity index is 1.91. The molecule has 108 valence electrons. The number of aliphatic hydroxyl groups excluding tert-OH is 1. The summed E-state index contributed by atoms with van der Waals surface area (Å²) in [6, 6.07) is 13.7. The summed E-state index contributed by atoms with van der Waals surface area (Å²) in [5.74, 6) is 5.09. The molecule has 0 heterocycles. The average Bonchev–Trinajstić information content (AvgIpc) is 2.52. The van der Waals surface area contributed by atoms with Crippen molar-refractivity contribution < 1.29 is 19.0 Å². The van der Waals surface area contributed by atoms with Gasteiger partial charge in [0, 0.05) is 6.07 Å². The summed E-state index contributed by atoms with van der Waals surface area (Å²) < 4.78 is 24.0. The fraction of sp³-hybridized carbons (Fsp3) is 0.176. The van der Waals surface area contributed by atoms with E-state index in [2.05, 4.69) is 11.8 Å². The van der Waals surface area contributed by atoms with Crippen LogP contribution >= 0.6 is 0 Å². The second-order valence-corrected chi connectivity index (χ2v) is 4.20. The van der Waals surface area contributed by atoms with Gasteiger partial charge in [0.05, 0.1) is 12.2 Å². The lowest BCUT2D eigenvalue weighted by Gasteiger charge is -2.09. The topological polar surface area (TPSA) is 38.7 Å². The molecule has 1 N–H and O–H groups in total. The van der Waals surface area contributed by atoms with E-state index in [0.717, 1.165) is 5.56 Å². The van der Waals surface area contributed by atoms with Crippen molar-refractivity contribution in [2.75, 3.05) is 13.4 Å². The van der Waals surface area contributed by atoms with Crippen LogP contribution in [0.15, 0.2) is 48.5 Å². The number of aliphatic hydroxyl groups is 1. The lowest BCUT2D eigenvalue weighted by molar-refractivity contribution is 0.00475. The summed E-state index contributed by atoms with van der Waals surface area (Å²) in [6.07, 6.45) is 0. The summed E-state index contributed by atoms with van der Waals surface area (Å²) in [4.78, 5) is 0. The van der Waals surface area contributed by atoms with Crippen LogP contribution in [0.4, 0.5) is 4.39 Å². The molecule has 0 aliphatic heterocycles. The highest BCUT2D eigenvalue weighted by molar-refractivity contribution is 5.46. The monoisotopic (exact) mass is 286 g/mol. The van der Waals surface area contributed by atoms with Crippen LogP contribution in [0.1, 0.15) is 11.1 Å². The molecule has 2 aromatic rings. The van der Waals surface area contributed by atoms with Gasteiger partial charge in [-0.3, -0.25) is 0 Å². The smallest absolute Gasteiger partial charge is 0.189 e. The molecular formula is C17H15FO3. The molecule has 0 bridgehead atoms. The molecule has 0 fully saturated rings. The highest BCUT2D eigenvalue weighted by Gasteiger charge is 2.03. The fourth-order valence-electron chi connectivity index (χ4n) is 1.69. The Bertz CT molecular complexity index is 629. The number of halogens is 1. The second kappa shape index (κ2) is 8.05. The van der Waals surface area contributed by atoms with Crippen LogP contribution in [-0.4, -0.2) is 18.5 Å². The van der Waals surface area contributed by atoms with Crippen molar-refractivity contribution in [1.29, 1.82) is 0 Å². The number of rotatable bonds is 5. The summed E-state index contributed by atoms with van der Waals surface area (Å²) in [5, 5.41) is 8.70. The van der Waals surface area contributed by atoms with E-state index < -0.39 is 5.82 Å². The van der Waals surface area contributed by atoms with E-state index in [0.29, 0.717) is 17.9 Å². The van der Waals surface area contributed by atoms with Crippen molar-refractivity contribution in [2.24, 2.45) is 0 Å². The van der Waals surface area contributed by atoms with Gasteiger partial charge in [0.1, 0.15) is 18.2 Å². The van der Waals surface area contributed by atoms with Gasteiger partial charge >= 0.3 is 0 Å². The van der Waals surface area contributed by atoms with E-state index >= 15 is 0 Å². The minimum atomic E-state index is -0.414. The van der Waals surface area contributed by atoms with Gasteiger partial charge in [-0.2, -0.15) is 0 Å². The molecule has 0 aliphatic rings. The Morgan fingerprint density at radius 1 is 1.10 bits per heavy atom. The van der Waals surface area contributed by atoms with E-state index in [9.17, 15) is 4.39 Å². The Morgan fingerprint density at radius 3 is 2.67 bits per heavy atom. The van der Waals surface area contributed by atoms with Crippen molar-refractivity contribution in [3.05, 3.63) is 65.5 Å². The molecule has 3 nitrogen and oxygen atoms in total. The van der Waals surface area contributed by atoms with Gasteiger partial charge in [-0.05, 0) is 17.7 Å². The van der Waals surface area contributed by atoms with E-state index in [1.807, 2.05) is 30.3 Å². The first-order valence-corrected chi connectivity index (χ1v) is 6.43. The third-order valence-corrected chi connectivity index (χ3v) is 2.66. The maximum Gasteiger partial charge on any atom is 0.189 e. The SMILES string of the molecule is OCC#Cc1ccc(F)cc1OCOCc1ccccc1.